The Morgan fingerprint density at radius 1 is 1.06 bits per heavy atom. The highest BCUT2D eigenvalue weighted by atomic mass is 35.5. The molecule has 0 aromatic heterocycles. The molecule has 0 radical (unpaired) electrons. The van der Waals surface area contributed by atoms with Crippen LogP contribution in [0.1, 0.15) is 33.1 Å². The molecule has 16 heavy (non-hydrogen) atoms. The molecule has 2 fully saturated rings. The fourth-order valence-corrected chi connectivity index (χ4v) is 2.94. The molecule has 3 heteroatoms. The van der Waals surface area contributed by atoms with Crippen LogP contribution in [0.5, 0.6) is 0 Å². The number of hydrogen-bond donors (Lipinski definition) is 1. The third-order valence-electron chi connectivity index (χ3n) is 4.39. The van der Waals surface area contributed by atoms with E-state index in [4.69, 9.17) is 0 Å². The van der Waals surface area contributed by atoms with Crippen LogP contribution >= 0.6 is 12.4 Å². The van der Waals surface area contributed by atoms with E-state index in [1.165, 1.54) is 52.0 Å². The van der Waals surface area contributed by atoms with Gasteiger partial charge in [0.05, 0.1) is 0 Å². The van der Waals surface area contributed by atoms with Gasteiger partial charge in [0, 0.05) is 13.1 Å². The topological polar surface area (TPSA) is 15.3 Å². The van der Waals surface area contributed by atoms with Gasteiger partial charge in [0.2, 0.25) is 0 Å². The highest BCUT2D eigenvalue weighted by molar-refractivity contribution is 5.85. The molecule has 0 aromatic carbocycles. The summed E-state index contributed by atoms with van der Waals surface area (Å²) in [6, 6.07) is 0. The fourth-order valence-electron chi connectivity index (χ4n) is 2.94. The predicted molar refractivity (Wildman–Crippen MR) is 72.2 cm³/mol. The maximum absolute atomic E-state index is 3.45. The van der Waals surface area contributed by atoms with Crippen molar-refractivity contribution in [2.24, 2.45) is 17.8 Å². The smallest absolute Gasteiger partial charge is 0.00107 e. The van der Waals surface area contributed by atoms with Gasteiger partial charge in [-0.2, -0.15) is 0 Å². The number of halogens is 1. The summed E-state index contributed by atoms with van der Waals surface area (Å²) in [4.78, 5) is 2.71. The van der Waals surface area contributed by atoms with Crippen LogP contribution in [0, 0.1) is 17.8 Å². The Morgan fingerprint density at radius 3 is 2.38 bits per heavy atom. The van der Waals surface area contributed by atoms with Crippen LogP contribution in [0.25, 0.3) is 0 Å². The third kappa shape index (κ3) is 3.90. The zero-order valence-electron chi connectivity index (χ0n) is 10.7. The number of rotatable bonds is 2. The van der Waals surface area contributed by atoms with Crippen LogP contribution in [0.15, 0.2) is 0 Å². The maximum atomic E-state index is 3.45. The largest absolute Gasteiger partial charge is 0.317 e. The Hall–Kier alpha value is 0.210. The Balaban J connectivity index is 0.00000128. The first kappa shape index (κ1) is 14.3. The average Bonchev–Trinajstić information content (AvgIpc) is 2.25. The molecule has 0 saturated carbocycles. The Bertz CT molecular complexity index is 192. The second-order valence-corrected chi connectivity index (χ2v) is 5.70. The Kier molecular flexibility index (Phi) is 6.09. The molecule has 2 atom stereocenters. The van der Waals surface area contributed by atoms with E-state index in [1.807, 2.05) is 0 Å². The van der Waals surface area contributed by atoms with Gasteiger partial charge in [-0.25, -0.2) is 0 Å². The first-order valence-electron chi connectivity index (χ1n) is 6.69. The number of nitrogens with one attached hydrogen (secondary N) is 1. The van der Waals surface area contributed by atoms with Crippen molar-refractivity contribution < 1.29 is 0 Å². The minimum Gasteiger partial charge on any atom is -0.317 e. The van der Waals surface area contributed by atoms with Crippen molar-refractivity contribution in [2.45, 2.75) is 33.1 Å². The van der Waals surface area contributed by atoms with Gasteiger partial charge in [-0.1, -0.05) is 13.8 Å². The first-order chi connectivity index (χ1) is 7.25. The highest BCUT2D eigenvalue weighted by Crippen LogP contribution is 2.24. The molecule has 2 nitrogen and oxygen atoms in total. The summed E-state index contributed by atoms with van der Waals surface area (Å²) in [5.41, 5.74) is 0. The average molecular weight is 247 g/mol. The summed E-state index contributed by atoms with van der Waals surface area (Å²) in [6.07, 6.45) is 4.19. The summed E-state index contributed by atoms with van der Waals surface area (Å²) in [6.45, 7) is 11.3. The zero-order valence-corrected chi connectivity index (χ0v) is 11.6. The van der Waals surface area contributed by atoms with Gasteiger partial charge in [-0.05, 0) is 56.7 Å². The van der Waals surface area contributed by atoms with E-state index in [0.29, 0.717) is 0 Å². The lowest BCUT2D eigenvalue weighted by atomic mass is 9.87. The van der Waals surface area contributed by atoms with E-state index in [0.717, 1.165) is 17.8 Å². The van der Waals surface area contributed by atoms with Gasteiger partial charge in [0.25, 0.3) is 0 Å². The van der Waals surface area contributed by atoms with Crippen molar-refractivity contribution in [2.75, 3.05) is 32.7 Å². The molecule has 0 bridgehead atoms. The summed E-state index contributed by atoms with van der Waals surface area (Å²) in [5, 5.41) is 3.45. The fraction of sp³-hybridized carbons (Fsp3) is 1.00. The quantitative estimate of drug-likeness (QED) is 0.805. The van der Waals surface area contributed by atoms with Gasteiger partial charge >= 0.3 is 0 Å². The summed E-state index contributed by atoms with van der Waals surface area (Å²) in [5.74, 6) is 2.81. The van der Waals surface area contributed by atoms with Gasteiger partial charge in [-0.3, -0.25) is 0 Å². The molecule has 2 unspecified atom stereocenters. The van der Waals surface area contributed by atoms with Crippen molar-refractivity contribution in [3.8, 4) is 0 Å². The SMILES string of the molecule is CC1CCN(CC2CCNCC2)CC1C.Cl. The molecule has 0 aliphatic carbocycles. The van der Waals surface area contributed by atoms with E-state index < -0.39 is 0 Å². The summed E-state index contributed by atoms with van der Waals surface area (Å²) in [7, 11) is 0. The minimum atomic E-state index is 0. The molecule has 2 rings (SSSR count). The standard InChI is InChI=1S/C13H26N2.ClH/c1-11-5-8-15(9-12(11)2)10-13-3-6-14-7-4-13;/h11-14H,3-10H2,1-2H3;1H. The van der Waals surface area contributed by atoms with Crippen LogP contribution in [0.4, 0.5) is 0 Å². The molecule has 2 saturated heterocycles. The molecule has 2 aliphatic heterocycles. The molecule has 0 spiro atoms. The highest BCUT2D eigenvalue weighted by Gasteiger charge is 2.24. The number of hydrogen-bond acceptors (Lipinski definition) is 2. The van der Waals surface area contributed by atoms with Crippen molar-refractivity contribution >= 4 is 12.4 Å². The van der Waals surface area contributed by atoms with E-state index >= 15 is 0 Å². The number of piperidine rings is 2. The number of likely N-dealkylation sites (tertiary alicyclic amines) is 1. The molecular weight excluding hydrogens is 220 g/mol. The monoisotopic (exact) mass is 246 g/mol. The lowest BCUT2D eigenvalue weighted by Gasteiger charge is -2.38. The van der Waals surface area contributed by atoms with Gasteiger partial charge in [-0.15, -0.1) is 12.4 Å². The molecule has 2 aliphatic rings. The van der Waals surface area contributed by atoms with Crippen LogP contribution in [0.3, 0.4) is 0 Å². The van der Waals surface area contributed by atoms with Crippen molar-refractivity contribution in [3.63, 3.8) is 0 Å². The van der Waals surface area contributed by atoms with Crippen molar-refractivity contribution in [1.82, 2.24) is 10.2 Å². The summed E-state index contributed by atoms with van der Waals surface area (Å²) < 4.78 is 0. The minimum absolute atomic E-state index is 0. The molecule has 1 N–H and O–H groups in total. The normalized spacial score (nSPS) is 33.4. The van der Waals surface area contributed by atoms with Crippen LogP contribution < -0.4 is 5.32 Å². The van der Waals surface area contributed by atoms with Crippen molar-refractivity contribution in [3.05, 3.63) is 0 Å². The van der Waals surface area contributed by atoms with Gasteiger partial charge in [0.15, 0.2) is 0 Å². The van der Waals surface area contributed by atoms with E-state index in [-0.39, 0.29) is 12.4 Å². The predicted octanol–water partition coefficient (Wildman–Crippen LogP) is 2.39. The van der Waals surface area contributed by atoms with E-state index in [9.17, 15) is 0 Å². The third-order valence-corrected chi connectivity index (χ3v) is 4.39. The second kappa shape index (κ2) is 6.83. The summed E-state index contributed by atoms with van der Waals surface area (Å²) >= 11 is 0. The molecular formula is C13H27ClN2. The van der Waals surface area contributed by atoms with Crippen LogP contribution in [0.2, 0.25) is 0 Å². The Labute approximate surface area is 107 Å². The zero-order chi connectivity index (χ0) is 10.7. The maximum Gasteiger partial charge on any atom is 0.00107 e. The molecule has 0 amide bonds. The van der Waals surface area contributed by atoms with Gasteiger partial charge in [0.1, 0.15) is 0 Å². The second-order valence-electron chi connectivity index (χ2n) is 5.70. The number of nitrogens with zero attached hydrogens (tertiary/aromatic N) is 1. The molecule has 2 heterocycles. The van der Waals surface area contributed by atoms with E-state index in [2.05, 4.69) is 24.1 Å². The van der Waals surface area contributed by atoms with Crippen molar-refractivity contribution in [1.29, 1.82) is 0 Å². The Morgan fingerprint density at radius 2 is 1.75 bits per heavy atom. The molecule has 0 aromatic rings. The first-order valence-corrected chi connectivity index (χ1v) is 6.69. The van der Waals surface area contributed by atoms with Gasteiger partial charge < -0.3 is 10.2 Å². The van der Waals surface area contributed by atoms with Crippen LogP contribution in [-0.2, 0) is 0 Å². The lowest BCUT2D eigenvalue weighted by Crippen LogP contribution is -2.42. The molecule has 96 valence electrons. The van der Waals surface area contributed by atoms with E-state index in [1.54, 1.807) is 0 Å². The lowest BCUT2D eigenvalue weighted by molar-refractivity contribution is 0.113. The van der Waals surface area contributed by atoms with Crippen LogP contribution in [-0.4, -0.2) is 37.6 Å².